The van der Waals surface area contributed by atoms with Crippen LogP contribution in [0.5, 0.6) is 5.88 Å². The maximum atomic E-state index is 12.1. The Morgan fingerprint density at radius 3 is 2.60 bits per heavy atom. The van der Waals surface area contributed by atoms with Crippen molar-refractivity contribution < 1.29 is 17.9 Å². The molecule has 0 saturated heterocycles. The minimum absolute atomic E-state index is 0.0494. The molecule has 1 unspecified atom stereocenters. The second-order valence-corrected chi connectivity index (χ2v) is 2.91. The maximum Gasteiger partial charge on any atom is 0.425 e. The van der Waals surface area contributed by atoms with Gasteiger partial charge in [0.1, 0.15) is 5.82 Å². The zero-order valence-electron chi connectivity index (χ0n) is 8.30. The molecular formula is C9H11F3N2O. The number of nitrogens with one attached hydrogen (secondary N) is 1. The molecule has 0 bridgehead atoms. The van der Waals surface area contributed by atoms with E-state index in [1.54, 1.807) is 19.2 Å². The Morgan fingerprint density at radius 2 is 2.07 bits per heavy atom. The van der Waals surface area contributed by atoms with E-state index in [4.69, 9.17) is 0 Å². The Morgan fingerprint density at radius 1 is 1.40 bits per heavy atom. The van der Waals surface area contributed by atoms with Crippen LogP contribution in [0.15, 0.2) is 18.2 Å². The molecule has 1 heterocycles. The van der Waals surface area contributed by atoms with Gasteiger partial charge in [-0.25, -0.2) is 0 Å². The highest BCUT2D eigenvalue weighted by Gasteiger charge is 2.38. The van der Waals surface area contributed by atoms with Crippen LogP contribution in [0.1, 0.15) is 6.92 Å². The van der Waals surface area contributed by atoms with Gasteiger partial charge in [-0.3, -0.25) is 0 Å². The number of pyridine rings is 1. The van der Waals surface area contributed by atoms with E-state index in [0.29, 0.717) is 5.82 Å². The summed E-state index contributed by atoms with van der Waals surface area (Å²) in [6, 6.07) is 4.57. The summed E-state index contributed by atoms with van der Waals surface area (Å²) in [6.45, 7) is 0.938. The molecule has 0 aliphatic carbocycles. The Balaban J connectivity index is 2.72. The Hall–Kier alpha value is -1.46. The van der Waals surface area contributed by atoms with E-state index >= 15 is 0 Å². The van der Waals surface area contributed by atoms with E-state index in [1.165, 1.54) is 6.07 Å². The molecule has 1 aromatic heterocycles. The fourth-order valence-electron chi connectivity index (χ4n) is 0.868. The van der Waals surface area contributed by atoms with Crippen LogP contribution in [0.2, 0.25) is 0 Å². The molecule has 0 amide bonds. The largest absolute Gasteiger partial charge is 0.465 e. The molecule has 0 saturated carbocycles. The molecule has 0 aliphatic heterocycles. The van der Waals surface area contributed by atoms with Crippen molar-refractivity contribution in [2.75, 3.05) is 12.4 Å². The molecular weight excluding hydrogens is 209 g/mol. The summed E-state index contributed by atoms with van der Waals surface area (Å²) in [4.78, 5) is 3.81. The molecule has 0 fully saturated rings. The van der Waals surface area contributed by atoms with Crippen LogP contribution in [0.25, 0.3) is 0 Å². The van der Waals surface area contributed by atoms with Gasteiger partial charge < -0.3 is 10.1 Å². The first kappa shape index (κ1) is 11.6. The van der Waals surface area contributed by atoms with Gasteiger partial charge in [-0.1, -0.05) is 6.07 Å². The number of rotatable bonds is 3. The summed E-state index contributed by atoms with van der Waals surface area (Å²) >= 11 is 0. The van der Waals surface area contributed by atoms with Crippen LogP contribution in [0, 0.1) is 0 Å². The van der Waals surface area contributed by atoms with Crippen LogP contribution in [0.3, 0.4) is 0 Å². The van der Waals surface area contributed by atoms with E-state index < -0.39 is 12.3 Å². The van der Waals surface area contributed by atoms with E-state index in [0.717, 1.165) is 6.92 Å². The standard InChI is InChI=1S/C9H11F3N2O/c1-6(9(10,11)12)15-8-5-3-4-7(13-2)14-8/h3-6H,1-2H3,(H,13,14). The van der Waals surface area contributed by atoms with Crippen LogP contribution in [-0.4, -0.2) is 24.3 Å². The smallest absolute Gasteiger partial charge is 0.425 e. The quantitative estimate of drug-likeness (QED) is 0.849. The van der Waals surface area contributed by atoms with Crippen molar-refractivity contribution in [1.29, 1.82) is 0 Å². The molecule has 0 radical (unpaired) electrons. The first-order chi connectivity index (χ1) is 6.93. The summed E-state index contributed by atoms with van der Waals surface area (Å²) in [7, 11) is 1.62. The zero-order chi connectivity index (χ0) is 11.5. The highest BCUT2D eigenvalue weighted by atomic mass is 19.4. The normalized spacial score (nSPS) is 13.4. The fraction of sp³-hybridized carbons (Fsp3) is 0.444. The van der Waals surface area contributed by atoms with Crippen molar-refractivity contribution in [3.8, 4) is 5.88 Å². The van der Waals surface area contributed by atoms with Gasteiger partial charge in [-0.05, 0) is 13.0 Å². The second-order valence-electron chi connectivity index (χ2n) is 2.91. The number of halogens is 3. The number of hydrogen-bond donors (Lipinski definition) is 1. The lowest BCUT2D eigenvalue weighted by Gasteiger charge is -2.16. The molecule has 15 heavy (non-hydrogen) atoms. The summed E-state index contributed by atoms with van der Waals surface area (Å²) in [5.74, 6) is 0.411. The molecule has 0 aliphatic rings. The first-order valence-corrected chi connectivity index (χ1v) is 4.31. The number of aromatic nitrogens is 1. The third-order valence-electron chi connectivity index (χ3n) is 1.74. The number of alkyl halides is 3. The Kier molecular flexibility index (Phi) is 3.39. The van der Waals surface area contributed by atoms with Crippen molar-refractivity contribution in [2.45, 2.75) is 19.2 Å². The highest BCUT2D eigenvalue weighted by Crippen LogP contribution is 2.24. The highest BCUT2D eigenvalue weighted by molar-refractivity contribution is 5.36. The number of ether oxygens (including phenoxy) is 1. The van der Waals surface area contributed by atoms with Gasteiger partial charge in [0.25, 0.3) is 0 Å². The molecule has 1 atom stereocenters. The van der Waals surface area contributed by atoms with Gasteiger partial charge >= 0.3 is 6.18 Å². The van der Waals surface area contributed by atoms with Gasteiger partial charge in [0.15, 0.2) is 6.10 Å². The van der Waals surface area contributed by atoms with E-state index in [-0.39, 0.29) is 5.88 Å². The predicted octanol–water partition coefficient (Wildman–Crippen LogP) is 2.45. The summed E-state index contributed by atoms with van der Waals surface area (Å²) in [6.07, 6.45) is -6.24. The average Bonchev–Trinajstić information content (AvgIpc) is 2.16. The van der Waals surface area contributed by atoms with Crippen LogP contribution in [-0.2, 0) is 0 Å². The van der Waals surface area contributed by atoms with Gasteiger partial charge in [0, 0.05) is 13.1 Å². The summed E-state index contributed by atoms with van der Waals surface area (Å²) in [5, 5.41) is 2.71. The van der Waals surface area contributed by atoms with Crippen molar-refractivity contribution in [1.82, 2.24) is 4.98 Å². The van der Waals surface area contributed by atoms with E-state index in [1.807, 2.05) is 0 Å². The minimum atomic E-state index is -4.38. The molecule has 0 aromatic carbocycles. The fourth-order valence-corrected chi connectivity index (χ4v) is 0.868. The van der Waals surface area contributed by atoms with Crippen LogP contribution in [0.4, 0.5) is 19.0 Å². The number of anilines is 1. The number of hydrogen-bond acceptors (Lipinski definition) is 3. The summed E-state index contributed by atoms with van der Waals surface area (Å²) < 4.78 is 41.1. The molecule has 1 aromatic rings. The van der Waals surface area contributed by atoms with Crippen LogP contribution < -0.4 is 10.1 Å². The molecule has 84 valence electrons. The van der Waals surface area contributed by atoms with Gasteiger partial charge in [-0.2, -0.15) is 18.2 Å². The molecule has 0 spiro atoms. The van der Waals surface area contributed by atoms with E-state index in [2.05, 4.69) is 15.0 Å². The molecule has 3 nitrogen and oxygen atoms in total. The van der Waals surface area contributed by atoms with Crippen molar-refractivity contribution in [3.05, 3.63) is 18.2 Å². The zero-order valence-corrected chi connectivity index (χ0v) is 8.30. The molecule has 6 heteroatoms. The lowest BCUT2D eigenvalue weighted by atomic mass is 10.4. The predicted molar refractivity (Wildman–Crippen MR) is 49.9 cm³/mol. The average molecular weight is 220 g/mol. The lowest BCUT2D eigenvalue weighted by molar-refractivity contribution is -0.189. The topological polar surface area (TPSA) is 34.1 Å². The first-order valence-electron chi connectivity index (χ1n) is 4.31. The third kappa shape index (κ3) is 3.30. The lowest BCUT2D eigenvalue weighted by Crippen LogP contribution is -2.31. The Bertz CT molecular complexity index is 327. The minimum Gasteiger partial charge on any atom is -0.465 e. The molecule has 1 rings (SSSR count). The van der Waals surface area contributed by atoms with Crippen molar-refractivity contribution in [3.63, 3.8) is 0 Å². The van der Waals surface area contributed by atoms with Gasteiger partial charge in [0.2, 0.25) is 5.88 Å². The maximum absolute atomic E-state index is 12.1. The number of nitrogens with zero attached hydrogens (tertiary/aromatic N) is 1. The van der Waals surface area contributed by atoms with Crippen LogP contribution >= 0.6 is 0 Å². The monoisotopic (exact) mass is 220 g/mol. The Labute approximate surface area is 85.3 Å². The van der Waals surface area contributed by atoms with Gasteiger partial charge in [-0.15, -0.1) is 0 Å². The molecule has 1 N–H and O–H groups in total. The summed E-state index contributed by atoms with van der Waals surface area (Å²) in [5.41, 5.74) is 0. The van der Waals surface area contributed by atoms with E-state index in [9.17, 15) is 13.2 Å². The van der Waals surface area contributed by atoms with Gasteiger partial charge in [0.05, 0.1) is 0 Å². The van der Waals surface area contributed by atoms with Crippen molar-refractivity contribution in [2.24, 2.45) is 0 Å². The third-order valence-corrected chi connectivity index (χ3v) is 1.74. The SMILES string of the molecule is CNc1cccc(OC(C)C(F)(F)F)n1. The van der Waals surface area contributed by atoms with Crippen molar-refractivity contribution >= 4 is 5.82 Å². The second kappa shape index (κ2) is 4.37.